The summed E-state index contributed by atoms with van der Waals surface area (Å²) < 4.78 is 0.605. The molecule has 2 nitrogen and oxygen atoms in total. The van der Waals surface area contributed by atoms with Crippen LogP contribution in [0.25, 0.3) is 0 Å². The highest BCUT2D eigenvalue weighted by Crippen LogP contribution is 2.11. The molecule has 3 N–H and O–H groups in total. The second kappa shape index (κ2) is 4.07. The van der Waals surface area contributed by atoms with E-state index in [0.717, 1.165) is 5.56 Å². The predicted molar refractivity (Wildman–Crippen MR) is 54.5 cm³/mol. The molecular formula is C9H9BrN2. The fourth-order valence-corrected chi connectivity index (χ4v) is 1.05. The summed E-state index contributed by atoms with van der Waals surface area (Å²) in [6, 6.07) is 9.43. The second-order valence-corrected chi connectivity index (χ2v) is 3.11. The molecule has 0 amide bonds. The Kier molecular flexibility index (Phi) is 3.05. The lowest BCUT2D eigenvalue weighted by molar-refractivity contribution is 1.47. The maximum absolute atomic E-state index is 7.64. The Bertz CT molecular complexity index is 304. The Labute approximate surface area is 79.7 Å². The van der Waals surface area contributed by atoms with Gasteiger partial charge in [-0.1, -0.05) is 30.3 Å². The first-order chi connectivity index (χ1) is 5.75. The molecule has 0 spiro atoms. The van der Waals surface area contributed by atoms with E-state index < -0.39 is 0 Å². The van der Waals surface area contributed by atoms with E-state index in [2.05, 4.69) is 15.9 Å². The van der Waals surface area contributed by atoms with E-state index in [1.807, 2.05) is 30.3 Å². The molecule has 0 aliphatic rings. The van der Waals surface area contributed by atoms with Crippen molar-refractivity contribution in [1.29, 1.82) is 5.41 Å². The summed E-state index contributed by atoms with van der Waals surface area (Å²) in [6.07, 6.45) is 1.37. The first kappa shape index (κ1) is 9.00. The molecule has 1 rings (SSSR count). The van der Waals surface area contributed by atoms with Crippen molar-refractivity contribution in [1.82, 2.24) is 0 Å². The summed E-state index contributed by atoms with van der Waals surface area (Å²) in [4.78, 5) is 0. The summed E-state index contributed by atoms with van der Waals surface area (Å²) in [5.41, 5.74) is 6.51. The predicted octanol–water partition coefficient (Wildman–Crippen LogP) is 2.25. The molecule has 0 saturated heterocycles. The number of rotatable bonds is 2. The van der Waals surface area contributed by atoms with Gasteiger partial charge in [-0.05, 0) is 15.9 Å². The van der Waals surface area contributed by atoms with Gasteiger partial charge in [0, 0.05) is 11.8 Å². The van der Waals surface area contributed by atoms with Crippen LogP contribution in [0.3, 0.4) is 0 Å². The highest BCUT2D eigenvalue weighted by molar-refractivity contribution is 9.12. The van der Waals surface area contributed by atoms with E-state index in [0.29, 0.717) is 10.2 Å². The molecule has 0 fully saturated rings. The number of benzene rings is 1. The number of hydrogen-bond acceptors (Lipinski definition) is 2. The van der Waals surface area contributed by atoms with Crippen LogP contribution in [0.2, 0.25) is 0 Å². The first-order valence-electron chi connectivity index (χ1n) is 3.47. The molecule has 62 valence electrons. The minimum absolute atomic E-state index is 0.401. The first-order valence-corrected chi connectivity index (χ1v) is 4.26. The fourth-order valence-electron chi connectivity index (χ4n) is 0.826. The minimum atomic E-state index is 0.401. The van der Waals surface area contributed by atoms with Crippen molar-refractivity contribution in [3.8, 4) is 0 Å². The molecule has 1 aromatic rings. The van der Waals surface area contributed by atoms with Crippen molar-refractivity contribution in [3.63, 3.8) is 0 Å². The maximum atomic E-state index is 7.64. The van der Waals surface area contributed by atoms with Crippen molar-refractivity contribution in [2.75, 3.05) is 0 Å². The highest BCUT2D eigenvalue weighted by atomic mass is 79.9. The van der Waals surface area contributed by atoms with Crippen molar-refractivity contribution >= 4 is 21.6 Å². The summed E-state index contributed by atoms with van der Waals surface area (Å²) in [5.74, 6) is 0. The molecule has 0 unspecified atom stereocenters. The third kappa shape index (κ3) is 1.95. The average Bonchev–Trinajstić information content (AvgIpc) is 2.17. The Morgan fingerprint density at radius 1 is 1.33 bits per heavy atom. The molecule has 0 bridgehead atoms. The Morgan fingerprint density at radius 2 is 1.92 bits per heavy atom. The molecule has 0 heterocycles. The van der Waals surface area contributed by atoms with E-state index in [1.165, 1.54) is 6.20 Å². The topological polar surface area (TPSA) is 49.9 Å². The van der Waals surface area contributed by atoms with Crippen LogP contribution in [0.15, 0.2) is 41.0 Å². The summed E-state index contributed by atoms with van der Waals surface area (Å²) in [7, 11) is 0. The fraction of sp³-hybridized carbons (Fsp3) is 0. The lowest BCUT2D eigenvalue weighted by Crippen LogP contribution is -1.99. The maximum Gasteiger partial charge on any atom is 0.0768 e. The van der Waals surface area contributed by atoms with Gasteiger partial charge in [0.25, 0.3) is 0 Å². The molecule has 0 aliphatic heterocycles. The second-order valence-electron chi connectivity index (χ2n) is 2.26. The highest BCUT2D eigenvalue weighted by Gasteiger charge is 2.02. The van der Waals surface area contributed by atoms with E-state index in [9.17, 15) is 0 Å². The van der Waals surface area contributed by atoms with Crippen LogP contribution < -0.4 is 5.73 Å². The molecule has 1 aromatic carbocycles. The smallest absolute Gasteiger partial charge is 0.0768 e. The molecule has 12 heavy (non-hydrogen) atoms. The monoisotopic (exact) mass is 224 g/mol. The molecular weight excluding hydrogens is 216 g/mol. The van der Waals surface area contributed by atoms with E-state index in [-0.39, 0.29) is 0 Å². The van der Waals surface area contributed by atoms with Gasteiger partial charge in [-0.25, -0.2) is 0 Å². The van der Waals surface area contributed by atoms with E-state index in [1.54, 1.807) is 0 Å². The number of hydrogen-bond donors (Lipinski definition) is 2. The lowest BCUT2D eigenvalue weighted by Gasteiger charge is -2.00. The number of halogens is 1. The average molecular weight is 225 g/mol. The van der Waals surface area contributed by atoms with Crippen molar-refractivity contribution in [2.45, 2.75) is 0 Å². The third-order valence-electron chi connectivity index (χ3n) is 1.45. The van der Waals surface area contributed by atoms with E-state index in [4.69, 9.17) is 11.1 Å². The van der Waals surface area contributed by atoms with Crippen LogP contribution in [-0.4, -0.2) is 5.71 Å². The van der Waals surface area contributed by atoms with Crippen molar-refractivity contribution in [2.24, 2.45) is 5.73 Å². The Morgan fingerprint density at radius 3 is 2.42 bits per heavy atom. The van der Waals surface area contributed by atoms with Gasteiger partial charge in [0.2, 0.25) is 0 Å². The van der Waals surface area contributed by atoms with Gasteiger partial charge in [-0.3, -0.25) is 5.41 Å². The van der Waals surface area contributed by atoms with Gasteiger partial charge in [0.15, 0.2) is 0 Å². The van der Waals surface area contributed by atoms with Gasteiger partial charge in [-0.15, -0.1) is 0 Å². The molecule has 0 saturated carbocycles. The molecule has 3 heteroatoms. The van der Waals surface area contributed by atoms with Gasteiger partial charge >= 0.3 is 0 Å². The zero-order valence-electron chi connectivity index (χ0n) is 6.42. The van der Waals surface area contributed by atoms with E-state index >= 15 is 0 Å². The van der Waals surface area contributed by atoms with Gasteiger partial charge in [-0.2, -0.15) is 0 Å². The number of nitrogens with two attached hydrogens (primary N) is 1. The van der Waals surface area contributed by atoms with Crippen LogP contribution in [0.4, 0.5) is 0 Å². The van der Waals surface area contributed by atoms with Gasteiger partial charge in [0.1, 0.15) is 0 Å². The quantitative estimate of drug-likeness (QED) is 0.745. The van der Waals surface area contributed by atoms with Crippen molar-refractivity contribution < 1.29 is 0 Å². The van der Waals surface area contributed by atoms with Crippen LogP contribution in [0.1, 0.15) is 5.56 Å². The lowest BCUT2D eigenvalue weighted by atomic mass is 10.1. The largest absolute Gasteiger partial charge is 0.404 e. The van der Waals surface area contributed by atoms with Crippen molar-refractivity contribution in [3.05, 3.63) is 46.6 Å². The number of allylic oxidation sites excluding steroid dienone is 1. The Hall–Kier alpha value is -1.09. The SMILES string of the molecule is N=C(C(Br)=CN)c1ccccc1. The summed E-state index contributed by atoms with van der Waals surface area (Å²) in [5, 5.41) is 7.64. The number of nitrogens with one attached hydrogen (secondary N) is 1. The van der Waals surface area contributed by atoms with Crippen LogP contribution in [-0.2, 0) is 0 Å². The molecule has 0 radical (unpaired) electrons. The van der Waals surface area contributed by atoms with Gasteiger partial charge in [0.05, 0.1) is 10.2 Å². The van der Waals surface area contributed by atoms with Gasteiger partial charge < -0.3 is 5.73 Å². The Balaban J connectivity index is 2.94. The normalized spacial score (nSPS) is 11.2. The molecule has 0 atom stereocenters. The summed E-state index contributed by atoms with van der Waals surface area (Å²) >= 11 is 3.19. The third-order valence-corrected chi connectivity index (χ3v) is 2.11. The summed E-state index contributed by atoms with van der Waals surface area (Å²) in [6.45, 7) is 0. The molecule has 0 aliphatic carbocycles. The zero-order valence-corrected chi connectivity index (χ0v) is 8.01. The van der Waals surface area contributed by atoms with Crippen LogP contribution in [0.5, 0.6) is 0 Å². The van der Waals surface area contributed by atoms with Crippen LogP contribution in [0, 0.1) is 5.41 Å². The van der Waals surface area contributed by atoms with Crippen LogP contribution >= 0.6 is 15.9 Å². The minimum Gasteiger partial charge on any atom is -0.404 e. The molecule has 0 aromatic heterocycles. The standard InChI is InChI=1S/C9H9BrN2/c10-8(6-11)9(12)7-4-2-1-3-5-7/h1-6,12H,11H2. The zero-order chi connectivity index (χ0) is 8.97.